The molecule has 0 amide bonds. The number of hydrogen-bond acceptors (Lipinski definition) is 2. The molecule has 0 saturated carbocycles. The van der Waals surface area contributed by atoms with Crippen LogP contribution in [0.5, 0.6) is 0 Å². The van der Waals surface area contributed by atoms with Gasteiger partial charge >= 0.3 is 0 Å². The molecule has 0 bridgehead atoms. The summed E-state index contributed by atoms with van der Waals surface area (Å²) in [7, 11) is 2.04. The molecule has 21 heavy (non-hydrogen) atoms. The second kappa shape index (κ2) is 6.02. The lowest BCUT2D eigenvalue weighted by molar-refractivity contribution is 0.512. The summed E-state index contributed by atoms with van der Waals surface area (Å²) in [4.78, 5) is 0. The maximum Gasteiger partial charge on any atom is 0.0597 e. The molecule has 0 saturated heterocycles. The van der Waals surface area contributed by atoms with Crippen LogP contribution in [-0.2, 0) is 25.8 Å². The quantitative estimate of drug-likeness (QED) is 0.913. The first-order valence-corrected chi connectivity index (χ1v) is 8.03. The Hall–Kier alpha value is -1.61. The molecule has 1 aliphatic rings. The number of benzene rings is 1. The highest BCUT2D eigenvalue weighted by atomic mass is 15.3. The lowest BCUT2D eigenvalue weighted by Gasteiger charge is -2.18. The standard InChI is InChI=1S/C18H25N3/c1-4-21-18(10-13(2)20-21)17(19-3)12-14-8-9-15-6-5-7-16(15)11-14/h8-11,17,19H,4-7,12H2,1-3H3. The summed E-state index contributed by atoms with van der Waals surface area (Å²) >= 11 is 0. The third-order valence-electron chi connectivity index (χ3n) is 4.54. The number of fused-ring (bicyclic) bond motifs is 1. The predicted octanol–water partition coefficient (Wildman–Crippen LogP) is 3.20. The minimum absolute atomic E-state index is 0.325. The smallest absolute Gasteiger partial charge is 0.0597 e. The van der Waals surface area contributed by atoms with Crippen molar-refractivity contribution in [3.8, 4) is 0 Å². The topological polar surface area (TPSA) is 29.9 Å². The van der Waals surface area contributed by atoms with Gasteiger partial charge in [-0.25, -0.2) is 0 Å². The Morgan fingerprint density at radius 1 is 1.24 bits per heavy atom. The minimum atomic E-state index is 0.325. The zero-order valence-corrected chi connectivity index (χ0v) is 13.3. The highest BCUT2D eigenvalue weighted by Crippen LogP contribution is 2.25. The van der Waals surface area contributed by atoms with E-state index in [1.807, 2.05) is 7.05 Å². The molecule has 1 aromatic carbocycles. The van der Waals surface area contributed by atoms with Gasteiger partial charge < -0.3 is 5.32 Å². The van der Waals surface area contributed by atoms with Crippen LogP contribution in [0.1, 0.15) is 47.5 Å². The molecule has 0 radical (unpaired) electrons. The lowest BCUT2D eigenvalue weighted by atomic mass is 9.99. The fourth-order valence-corrected chi connectivity index (χ4v) is 3.44. The van der Waals surface area contributed by atoms with Crippen molar-refractivity contribution in [2.75, 3.05) is 7.05 Å². The number of hydrogen-bond donors (Lipinski definition) is 1. The van der Waals surface area contributed by atoms with Crippen LogP contribution >= 0.6 is 0 Å². The lowest BCUT2D eigenvalue weighted by Crippen LogP contribution is -2.22. The van der Waals surface area contributed by atoms with Crippen molar-refractivity contribution in [2.45, 2.75) is 52.1 Å². The molecule has 1 unspecified atom stereocenters. The van der Waals surface area contributed by atoms with E-state index in [0.717, 1.165) is 18.7 Å². The number of nitrogens with one attached hydrogen (secondary N) is 1. The third kappa shape index (κ3) is 2.88. The number of nitrogens with zero attached hydrogens (tertiary/aromatic N) is 2. The van der Waals surface area contributed by atoms with Crippen molar-refractivity contribution in [2.24, 2.45) is 0 Å². The zero-order valence-electron chi connectivity index (χ0n) is 13.3. The summed E-state index contributed by atoms with van der Waals surface area (Å²) < 4.78 is 2.11. The van der Waals surface area contributed by atoms with Crippen molar-refractivity contribution in [1.29, 1.82) is 0 Å². The first-order chi connectivity index (χ1) is 10.2. The van der Waals surface area contributed by atoms with E-state index in [4.69, 9.17) is 0 Å². The van der Waals surface area contributed by atoms with Crippen molar-refractivity contribution in [3.63, 3.8) is 0 Å². The Balaban J connectivity index is 1.84. The molecule has 3 nitrogen and oxygen atoms in total. The average molecular weight is 283 g/mol. The molecule has 2 aromatic rings. The molecular weight excluding hydrogens is 258 g/mol. The van der Waals surface area contributed by atoms with E-state index in [9.17, 15) is 0 Å². The fraction of sp³-hybridized carbons (Fsp3) is 0.500. The zero-order chi connectivity index (χ0) is 14.8. The first kappa shape index (κ1) is 14.3. The number of aryl methyl sites for hydroxylation is 4. The maximum absolute atomic E-state index is 4.57. The molecule has 1 atom stereocenters. The van der Waals surface area contributed by atoms with Crippen molar-refractivity contribution < 1.29 is 0 Å². The highest BCUT2D eigenvalue weighted by Gasteiger charge is 2.17. The van der Waals surface area contributed by atoms with E-state index in [1.54, 1.807) is 11.1 Å². The van der Waals surface area contributed by atoms with Crippen molar-refractivity contribution in [1.82, 2.24) is 15.1 Å². The minimum Gasteiger partial charge on any atom is -0.311 e. The van der Waals surface area contributed by atoms with Crippen LogP contribution in [0.2, 0.25) is 0 Å². The summed E-state index contributed by atoms with van der Waals surface area (Å²) in [5, 5.41) is 8.04. The summed E-state index contributed by atoms with van der Waals surface area (Å²) in [6.45, 7) is 5.14. The van der Waals surface area contributed by atoms with Crippen molar-refractivity contribution in [3.05, 3.63) is 52.3 Å². The molecule has 1 aromatic heterocycles. The molecule has 0 fully saturated rings. The van der Waals surface area contributed by atoms with Gasteiger partial charge in [-0.1, -0.05) is 18.2 Å². The van der Waals surface area contributed by atoms with E-state index in [1.165, 1.54) is 30.5 Å². The Morgan fingerprint density at radius 3 is 2.81 bits per heavy atom. The fourth-order valence-electron chi connectivity index (χ4n) is 3.44. The molecule has 3 rings (SSSR count). The first-order valence-electron chi connectivity index (χ1n) is 8.03. The predicted molar refractivity (Wildman–Crippen MR) is 86.6 cm³/mol. The van der Waals surface area contributed by atoms with E-state index in [-0.39, 0.29) is 0 Å². The Morgan fingerprint density at radius 2 is 2.05 bits per heavy atom. The van der Waals surface area contributed by atoms with Gasteiger partial charge in [0.25, 0.3) is 0 Å². The summed E-state index contributed by atoms with van der Waals surface area (Å²) in [5.41, 5.74) is 6.92. The van der Waals surface area contributed by atoms with E-state index >= 15 is 0 Å². The van der Waals surface area contributed by atoms with Gasteiger partial charge in [0.1, 0.15) is 0 Å². The van der Waals surface area contributed by atoms with Crippen LogP contribution in [0.4, 0.5) is 0 Å². The SMILES string of the molecule is CCn1nc(C)cc1C(Cc1ccc2c(c1)CCC2)NC. The highest BCUT2D eigenvalue weighted by molar-refractivity contribution is 5.36. The normalized spacial score (nSPS) is 15.2. The van der Waals surface area contributed by atoms with E-state index in [2.05, 4.69) is 53.2 Å². The van der Waals surface area contributed by atoms with Gasteiger partial charge in [0.15, 0.2) is 0 Å². The Bertz CT molecular complexity index is 627. The number of aromatic nitrogens is 2. The van der Waals surface area contributed by atoms with Gasteiger partial charge in [-0.15, -0.1) is 0 Å². The molecule has 1 N–H and O–H groups in total. The van der Waals surface area contributed by atoms with Crippen LogP contribution in [0.15, 0.2) is 24.3 Å². The van der Waals surface area contributed by atoms with Crippen LogP contribution in [0, 0.1) is 6.92 Å². The molecule has 3 heteroatoms. The summed E-state index contributed by atoms with van der Waals surface area (Å²) in [5.74, 6) is 0. The molecule has 1 heterocycles. The molecule has 0 spiro atoms. The van der Waals surface area contributed by atoms with Crippen LogP contribution in [0.25, 0.3) is 0 Å². The molecule has 0 aliphatic heterocycles. The molecular formula is C18H25N3. The van der Waals surface area contributed by atoms with Gasteiger partial charge in [0, 0.05) is 6.54 Å². The van der Waals surface area contributed by atoms with Gasteiger partial charge in [-0.2, -0.15) is 5.10 Å². The maximum atomic E-state index is 4.57. The van der Waals surface area contributed by atoms with Crippen LogP contribution < -0.4 is 5.32 Å². The Kier molecular flexibility index (Phi) is 4.11. The van der Waals surface area contributed by atoms with Crippen LogP contribution in [0.3, 0.4) is 0 Å². The monoisotopic (exact) mass is 283 g/mol. The van der Waals surface area contributed by atoms with Gasteiger partial charge in [0.05, 0.1) is 17.4 Å². The van der Waals surface area contributed by atoms with Crippen LogP contribution in [-0.4, -0.2) is 16.8 Å². The second-order valence-electron chi connectivity index (χ2n) is 6.03. The van der Waals surface area contributed by atoms with Gasteiger partial charge in [0.2, 0.25) is 0 Å². The van der Waals surface area contributed by atoms with Crippen molar-refractivity contribution >= 4 is 0 Å². The Labute approximate surface area is 127 Å². The molecule has 1 aliphatic carbocycles. The number of likely N-dealkylation sites (N-methyl/N-ethyl adjacent to an activating group) is 1. The number of rotatable bonds is 5. The summed E-state index contributed by atoms with van der Waals surface area (Å²) in [6, 6.07) is 9.57. The average Bonchev–Trinajstić information content (AvgIpc) is 3.10. The molecule has 112 valence electrons. The largest absolute Gasteiger partial charge is 0.311 e. The van der Waals surface area contributed by atoms with E-state index in [0.29, 0.717) is 6.04 Å². The second-order valence-corrected chi connectivity index (χ2v) is 6.03. The van der Waals surface area contributed by atoms with Gasteiger partial charge in [-0.05, 0) is 69.3 Å². The summed E-state index contributed by atoms with van der Waals surface area (Å²) in [6.07, 6.45) is 4.84. The van der Waals surface area contributed by atoms with E-state index < -0.39 is 0 Å². The van der Waals surface area contributed by atoms with Gasteiger partial charge in [-0.3, -0.25) is 4.68 Å². The third-order valence-corrected chi connectivity index (χ3v) is 4.54.